The van der Waals surface area contributed by atoms with Gasteiger partial charge in [0.25, 0.3) is 5.89 Å². The van der Waals surface area contributed by atoms with Gasteiger partial charge in [-0.05, 0) is 25.7 Å². The van der Waals surface area contributed by atoms with Crippen LogP contribution in [0.5, 0.6) is 0 Å². The minimum absolute atomic E-state index is 0.0170. The molecule has 1 unspecified atom stereocenters. The zero-order chi connectivity index (χ0) is 15.5. The fraction of sp³-hybridized carbons (Fsp3) is 0.875. The molecule has 1 atom stereocenters. The topological polar surface area (TPSA) is 63.9 Å². The van der Waals surface area contributed by atoms with Gasteiger partial charge in [-0.1, -0.05) is 5.16 Å². The number of aromatic nitrogens is 2. The Kier molecular flexibility index (Phi) is 4.89. The summed E-state index contributed by atoms with van der Waals surface area (Å²) in [7, 11) is 0. The van der Waals surface area contributed by atoms with Gasteiger partial charge in [0.1, 0.15) is 6.10 Å². The van der Waals surface area contributed by atoms with Crippen molar-refractivity contribution in [2.75, 3.05) is 46.0 Å². The van der Waals surface area contributed by atoms with E-state index in [1.807, 2.05) is 0 Å². The second-order valence-corrected chi connectivity index (χ2v) is 6.71. The molecule has 4 rings (SSSR count). The molecule has 1 aromatic rings. The lowest BCUT2D eigenvalue weighted by atomic mass is 10.0. The molecule has 0 aromatic carbocycles. The minimum Gasteiger partial charge on any atom is -0.379 e. The summed E-state index contributed by atoms with van der Waals surface area (Å²) >= 11 is 0. The Morgan fingerprint density at radius 2 is 1.83 bits per heavy atom. The normalized spacial score (nSPS) is 28.4. The highest BCUT2D eigenvalue weighted by Crippen LogP contribution is 2.27. The number of piperidine rings is 1. The quantitative estimate of drug-likeness (QED) is 0.826. The molecule has 23 heavy (non-hydrogen) atoms. The number of hydrogen-bond donors (Lipinski definition) is 0. The molecule has 128 valence electrons. The molecule has 0 aliphatic carbocycles. The van der Waals surface area contributed by atoms with E-state index in [4.69, 9.17) is 14.0 Å². The lowest BCUT2D eigenvalue weighted by Crippen LogP contribution is -2.48. The highest BCUT2D eigenvalue weighted by atomic mass is 16.5. The van der Waals surface area contributed by atoms with E-state index in [1.54, 1.807) is 0 Å². The monoisotopic (exact) mass is 322 g/mol. The summed E-state index contributed by atoms with van der Waals surface area (Å²) < 4.78 is 16.4. The van der Waals surface area contributed by atoms with Gasteiger partial charge in [-0.3, -0.25) is 9.80 Å². The fourth-order valence-electron chi connectivity index (χ4n) is 3.82. The lowest BCUT2D eigenvalue weighted by molar-refractivity contribution is -0.0000121. The van der Waals surface area contributed by atoms with Crippen LogP contribution in [0.4, 0.5) is 0 Å². The smallest absolute Gasteiger partial charge is 0.255 e. The molecular formula is C16H26N4O3. The Morgan fingerprint density at radius 1 is 1.00 bits per heavy atom. The number of morpholine rings is 1. The van der Waals surface area contributed by atoms with Crippen LogP contribution in [0, 0.1) is 0 Å². The van der Waals surface area contributed by atoms with Crippen molar-refractivity contribution in [2.24, 2.45) is 0 Å². The fourth-order valence-corrected chi connectivity index (χ4v) is 3.82. The second-order valence-electron chi connectivity index (χ2n) is 6.71. The van der Waals surface area contributed by atoms with E-state index >= 15 is 0 Å². The molecule has 7 heteroatoms. The summed E-state index contributed by atoms with van der Waals surface area (Å²) in [6, 6.07) is 0.711. The molecule has 0 bridgehead atoms. The van der Waals surface area contributed by atoms with Crippen LogP contribution in [-0.4, -0.2) is 72.0 Å². The number of nitrogens with zero attached hydrogens (tertiary/aromatic N) is 4. The molecule has 0 amide bonds. The van der Waals surface area contributed by atoms with Crippen molar-refractivity contribution in [1.29, 1.82) is 0 Å². The van der Waals surface area contributed by atoms with Crippen LogP contribution in [-0.2, 0) is 16.0 Å². The Morgan fingerprint density at radius 3 is 2.57 bits per heavy atom. The number of likely N-dealkylation sites (tertiary alicyclic amines) is 1. The standard InChI is InChI=1S/C16H26N4O3/c1-2-14(22-9-1)16-17-15(18-23-16)12-19-5-3-13(4-6-19)20-7-10-21-11-8-20/h13-14H,1-12H2. The minimum atomic E-state index is 0.0170. The van der Waals surface area contributed by atoms with Gasteiger partial charge in [0.05, 0.1) is 19.8 Å². The molecule has 3 fully saturated rings. The Hall–Kier alpha value is -1.02. The third kappa shape index (κ3) is 3.74. The van der Waals surface area contributed by atoms with E-state index in [-0.39, 0.29) is 6.10 Å². The molecule has 1 aromatic heterocycles. The van der Waals surface area contributed by atoms with Crippen LogP contribution in [0.2, 0.25) is 0 Å². The molecule has 3 aliphatic rings. The van der Waals surface area contributed by atoms with Gasteiger partial charge in [0.15, 0.2) is 5.82 Å². The first kappa shape index (κ1) is 15.5. The van der Waals surface area contributed by atoms with E-state index in [0.717, 1.165) is 71.2 Å². The molecule has 3 aliphatic heterocycles. The average Bonchev–Trinajstić information content (AvgIpc) is 3.28. The summed E-state index contributed by atoms with van der Waals surface area (Å²) in [6.45, 7) is 7.73. The summed E-state index contributed by atoms with van der Waals surface area (Å²) in [5, 5.41) is 4.13. The third-order valence-corrected chi connectivity index (χ3v) is 5.17. The van der Waals surface area contributed by atoms with Gasteiger partial charge in [0, 0.05) is 38.8 Å². The molecule has 3 saturated heterocycles. The average molecular weight is 322 g/mol. The van der Waals surface area contributed by atoms with Gasteiger partial charge in [-0.15, -0.1) is 0 Å². The molecular weight excluding hydrogens is 296 g/mol. The van der Waals surface area contributed by atoms with Crippen molar-refractivity contribution in [3.05, 3.63) is 11.7 Å². The first-order valence-corrected chi connectivity index (χ1v) is 8.87. The SMILES string of the molecule is C1COC(c2nc(CN3CCC(N4CCOCC4)CC3)no2)C1. The number of ether oxygens (including phenoxy) is 2. The molecule has 0 radical (unpaired) electrons. The van der Waals surface area contributed by atoms with Crippen LogP contribution in [0.15, 0.2) is 4.52 Å². The zero-order valence-electron chi connectivity index (χ0n) is 13.7. The van der Waals surface area contributed by atoms with Crippen molar-refractivity contribution < 1.29 is 14.0 Å². The van der Waals surface area contributed by atoms with E-state index < -0.39 is 0 Å². The van der Waals surface area contributed by atoms with Gasteiger partial charge in [-0.2, -0.15) is 4.98 Å². The van der Waals surface area contributed by atoms with E-state index in [0.29, 0.717) is 11.9 Å². The Bertz CT molecular complexity index is 489. The van der Waals surface area contributed by atoms with Gasteiger partial charge >= 0.3 is 0 Å². The molecule has 7 nitrogen and oxygen atoms in total. The molecule has 0 N–H and O–H groups in total. The van der Waals surface area contributed by atoms with Crippen LogP contribution in [0.3, 0.4) is 0 Å². The molecule has 0 spiro atoms. The van der Waals surface area contributed by atoms with E-state index in [9.17, 15) is 0 Å². The van der Waals surface area contributed by atoms with Crippen molar-refractivity contribution in [3.8, 4) is 0 Å². The number of hydrogen-bond acceptors (Lipinski definition) is 7. The summed E-state index contributed by atoms with van der Waals surface area (Å²) in [4.78, 5) is 9.54. The van der Waals surface area contributed by atoms with Gasteiger partial charge < -0.3 is 14.0 Å². The van der Waals surface area contributed by atoms with Crippen molar-refractivity contribution >= 4 is 0 Å². The maximum atomic E-state index is 5.60. The number of rotatable bonds is 4. The predicted molar refractivity (Wildman–Crippen MR) is 82.9 cm³/mol. The predicted octanol–water partition coefficient (Wildman–Crippen LogP) is 1.22. The van der Waals surface area contributed by atoms with Crippen LogP contribution in [0.25, 0.3) is 0 Å². The molecule has 4 heterocycles. The Labute approximate surface area is 136 Å². The summed E-state index contributed by atoms with van der Waals surface area (Å²) in [6.07, 6.45) is 4.53. The van der Waals surface area contributed by atoms with E-state index in [2.05, 4.69) is 19.9 Å². The van der Waals surface area contributed by atoms with Gasteiger partial charge in [0.2, 0.25) is 0 Å². The van der Waals surface area contributed by atoms with Crippen molar-refractivity contribution in [3.63, 3.8) is 0 Å². The summed E-state index contributed by atoms with van der Waals surface area (Å²) in [5.74, 6) is 1.45. The van der Waals surface area contributed by atoms with E-state index in [1.165, 1.54) is 12.8 Å². The maximum Gasteiger partial charge on any atom is 0.255 e. The lowest BCUT2D eigenvalue weighted by Gasteiger charge is -2.39. The van der Waals surface area contributed by atoms with Crippen LogP contribution in [0.1, 0.15) is 43.5 Å². The maximum absolute atomic E-state index is 5.60. The first-order chi connectivity index (χ1) is 11.4. The second kappa shape index (κ2) is 7.25. The highest BCUT2D eigenvalue weighted by molar-refractivity contribution is 4.93. The Balaban J connectivity index is 1.26. The molecule has 0 saturated carbocycles. The van der Waals surface area contributed by atoms with Crippen molar-refractivity contribution in [2.45, 2.75) is 44.4 Å². The van der Waals surface area contributed by atoms with Crippen molar-refractivity contribution in [1.82, 2.24) is 19.9 Å². The van der Waals surface area contributed by atoms with Crippen LogP contribution < -0.4 is 0 Å². The third-order valence-electron chi connectivity index (χ3n) is 5.17. The summed E-state index contributed by atoms with van der Waals surface area (Å²) in [5.41, 5.74) is 0. The first-order valence-electron chi connectivity index (χ1n) is 8.87. The van der Waals surface area contributed by atoms with Gasteiger partial charge in [-0.25, -0.2) is 0 Å². The highest BCUT2D eigenvalue weighted by Gasteiger charge is 2.27. The van der Waals surface area contributed by atoms with Crippen LogP contribution >= 0.6 is 0 Å². The zero-order valence-corrected chi connectivity index (χ0v) is 13.7. The largest absolute Gasteiger partial charge is 0.379 e.